The van der Waals surface area contributed by atoms with Crippen LogP contribution in [0, 0.1) is 0 Å². The minimum atomic E-state index is -0.549. The molecule has 1 aliphatic heterocycles. The fourth-order valence-corrected chi connectivity index (χ4v) is 2.56. The zero-order valence-corrected chi connectivity index (χ0v) is 13.7. The summed E-state index contributed by atoms with van der Waals surface area (Å²) in [5, 5.41) is 2.82. The predicted molar refractivity (Wildman–Crippen MR) is 90.9 cm³/mol. The van der Waals surface area contributed by atoms with Gasteiger partial charge in [0.15, 0.2) is 6.10 Å². The SMILES string of the molecule is COc1cccc(C(=O)Nc2ccc3c(c2)OC(C)C(=O)N3C)c1. The molecule has 0 spiro atoms. The van der Waals surface area contributed by atoms with Crippen molar-refractivity contribution in [2.45, 2.75) is 13.0 Å². The van der Waals surface area contributed by atoms with Gasteiger partial charge in [0.2, 0.25) is 0 Å². The van der Waals surface area contributed by atoms with E-state index >= 15 is 0 Å². The van der Waals surface area contributed by atoms with E-state index in [9.17, 15) is 9.59 Å². The average Bonchev–Trinajstić information content (AvgIpc) is 2.59. The molecule has 0 saturated carbocycles. The maximum Gasteiger partial charge on any atom is 0.267 e. The summed E-state index contributed by atoms with van der Waals surface area (Å²) in [7, 11) is 3.26. The first kappa shape index (κ1) is 15.9. The third kappa shape index (κ3) is 2.90. The number of carbonyl (C=O) groups excluding carboxylic acids is 2. The van der Waals surface area contributed by atoms with Crippen molar-refractivity contribution in [1.82, 2.24) is 0 Å². The van der Waals surface area contributed by atoms with Crippen LogP contribution in [0.5, 0.6) is 11.5 Å². The monoisotopic (exact) mass is 326 g/mol. The van der Waals surface area contributed by atoms with Gasteiger partial charge >= 0.3 is 0 Å². The number of nitrogens with one attached hydrogen (secondary N) is 1. The van der Waals surface area contributed by atoms with Crippen molar-refractivity contribution < 1.29 is 19.1 Å². The number of methoxy groups -OCH3 is 1. The molecule has 124 valence electrons. The fraction of sp³-hybridized carbons (Fsp3) is 0.222. The second kappa shape index (κ2) is 6.23. The Morgan fingerprint density at radius 1 is 1.25 bits per heavy atom. The molecule has 0 fully saturated rings. The van der Waals surface area contributed by atoms with Crippen LogP contribution in [0.1, 0.15) is 17.3 Å². The van der Waals surface area contributed by atoms with Crippen molar-refractivity contribution in [3.05, 3.63) is 48.0 Å². The molecule has 1 atom stereocenters. The molecule has 6 heteroatoms. The number of hydrogen-bond donors (Lipinski definition) is 1. The second-order valence-electron chi connectivity index (χ2n) is 5.53. The van der Waals surface area contributed by atoms with E-state index in [0.717, 1.165) is 0 Å². The van der Waals surface area contributed by atoms with Gasteiger partial charge in [0.05, 0.1) is 12.8 Å². The van der Waals surface area contributed by atoms with Crippen molar-refractivity contribution in [2.75, 3.05) is 24.4 Å². The number of rotatable bonds is 3. The van der Waals surface area contributed by atoms with E-state index in [4.69, 9.17) is 9.47 Å². The molecule has 3 rings (SSSR count). The first-order valence-electron chi connectivity index (χ1n) is 7.53. The van der Waals surface area contributed by atoms with Gasteiger partial charge in [-0.1, -0.05) is 6.07 Å². The van der Waals surface area contributed by atoms with E-state index in [-0.39, 0.29) is 11.8 Å². The molecule has 24 heavy (non-hydrogen) atoms. The van der Waals surface area contributed by atoms with E-state index in [0.29, 0.717) is 28.4 Å². The zero-order chi connectivity index (χ0) is 17.3. The molecule has 1 aliphatic rings. The van der Waals surface area contributed by atoms with E-state index in [1.54, 1.807) is 68.4 Å². The molecule has 2 amide bonds. The Bertz CT molecular complexity index is 803. The quantitative estimate of drug-likeness (QED) is 0.941. The molecular formula is C18H18N2O4. The molecule has 0 aromatic heterocycles. The van der Waals surface area contributed by atoms with Gasteiger partial charge in [-0.15, -0.1) is 0 Å². The minimum absolute atomic E-state index is 0.101. The Kier molecular flexibility index (Phi) is 4.12. The predicted octanol–water partition coefficient (Wildman–Crippen LogP) is 2.69. The Morgan fingerprint density at radius 2 is 2.04 bits per heavy atom. The van der Waals surface area contributed by atoms with Gasteiger partial charge in [0.1, 0.15) is 11.5 Å². The van der Waals surface area contributed by atoms with Crippen LogP contribution in [-0.4, -0.2) is 32.1 Å². The van der Waals surface area contributed by atoms with Gasteiger partial charge in [0, 0.05) is 24.4 Å². The normalized spacial score (nSPS) is 16.2. The lowest BCUT2D eigenvalue weighted by atomic mass is 10.1. The number of anilines is 2. The first-order chi connectivity index (χ1) is 11.5. The summed E-state index contributed by atoms with van der Waals surface area (Å²) in [6, 6.07) is 12.1. The largest absolute Gasteiger partial charge is 0.497 e. The highest BCUT2D eigenvalue weighted by Crippen LogP contribution is 2.35. The molecule has 0 aliphatic carbocycles. The van der Waals surface area contributed by atoms with Crippen molar-refractivity contribution in [3.63, 3.8) is 0 Å². The highest BCUT2D eigenvalue weighted by atomic mass is 16.5. The summed E-state index contributed by atoms with van der Waals surface area (Å²) in [5.41, 5.74) is 1.77. The van der Waals surface area contributed by atoms with Gasteiger partial charge < -0.3 is 19.7 Å². The summed E-state index contributed by atoms with van der Waals surface area (Å²) in [6.07, 6.45) is -0.549. The van der Waals surface area contributed by atoms with Crippen molar-refractivity contribution in [1.29, 1.82) is 0 Å². The Hall–Kier alpha value is -3.02. The number of nitrogens with zero attached hydrogens (tertiary/aromatic N) is 1. The highest BCUT2D eigenvalue weighted by molar-refractivity contribution is 6.05. The first-order valence-corrected chi connectivity index (χ1v) is 7.53. The number of ether oxygens (including phenoxy) is 2. The number of amides is 2. The van der Waals surface area contributed by atoms with E-state index in [1.165, 1.54) is 0 Å². The molecule has 0 bridgehead atoms. The molecular weight excluding hydrogens is 308 g/mol. The standard InChI is InChI=1S/C18H18N2O4/c1-11-18(22)20(2)15-8-7-13(10-16(15)24-11)19-17(21)12-5-4-6-14(9-12)23-3/h4-11H,1-3H3,(H,19,21). The Labute approximate surface area is 140 Å². The summed E-state index contributed by atoms with van der Waals surface area (Å²) < 4.78 is 10.7. The summed E-state index contributed by atoms with van der Waals surface area (Å²) in [4.78, 5) is 25.8. The van der Waals surface area contributed by atoms with Crippen LogP contribution < -0.4 is 19.7 Å². The summed E-state index contributed by atoms with van der Waals surface area (Å²) in [6.45, 7) is 1.70. The summed E-state index contributed by atoms with van der Waals surface area (Å²) in [5.74, 6) is 0.830. The third-order valence-corrected chi connectivity index (χ3v) is 3.89. The molecule has 2 aromatic rings. The second-order valence-corrected chi connectivity index (χ2v) is 5.53. The number of fused-ring (bicyclic) bond motifs is 1. The topological polar surface area (TPSA) is 67.9 Å². The van der Waals surface area contributed by atoms with Gasteiger partial charge in [-0.05, 0) is 37.3 Å². The van der Waals surface area contributed by atoms with Crippen LogP contribution >= 0.6 is 0 Å². The van der Waals surface area contributed by atoms with Gasteiger partial charge in [-0.3, -0.25) is 9.59 Å². The summed E-state index contributed by atoms with van der Waals surface area (Å²) >= 11 is 0. The van der Waals surface area contributed by atoms with Crippen molar-refractivity contribution >= 4 is 23.2 Å². The highest BCUT2D eigenvalue weighted by Gasteiger charge is 2.29. The van der Waals surface area contributed by atoms with Crippen LogP contribution in [-0.2, 0) is 4.79 Å². The molecule has 6 nitrogen and oxygen atoms in total. The minimum Gasteiger partial charge on any atom is -0.497 e. The number of likely N-dealkylation sites (N-methyl/N-ethyl adjacent to an activating group) is 1. The average molecular weight is 326 g/mol. The maximum atomic E-state index is 12.4. The van der Waals surface area contributed by atoms with Crippen molar-refractivity contribution in [3.8, 4) is 11.5 Å². The maximum absolute atomic E-state index is 12.4. The van der Waals surface area contributed by atoms with Crippen LogP contribution in [0.2, 0.25) is 0 Å². The van der Waals surface area contributed by atoms with Crippen LogP contribution in [0.3, 0.4) is 0 Å². The van der Waals surface area contributed by atoms with Crippen LogP contribution in [0.15, 0.2) is 42.5 Å². The third-order valence-electron chi connectivity index (χ3n) is 3.89. The lowest BCUT2D eigenvalue weighted by Gasteiger charge is -2.30. The molecule has 0 radical (unpaired) electrons. The van der Waals surface area contributed by atoms with E-state index < -0.39 is 6.10 Å². The molecule has 1 heterocycles. The van der Waals surface area contributed by atoms with Gasteiger partial charge in [-0.25, -0.2) is 0 Å². The number of benzene rings is 2. The van der Waals surface area contributed by atoms with E-state index in [1.807, 2.05) is 0 Å². The lowest BCUT2D eigenvalue weighted by molar-refractivity contribution is -0.125. The van der Waals surface area contributed by atoms with Gasteiger partial charge in [0.25, 0.3) is 11.8 Å². The smallest absolute Gasteiger partial charge is 0.267 e. The Balaban J connectivity index is 1.82. The number of carbonyl (C=O) groups is 2. The molecule has 0 saturated heterocycles. The molecule has 1 N–H and O–H groups in total. The fourth-order valence-electron chi connectivity index (χ4n) is 2.56. The number of hydrogen-bond acceptors (Lipinski definition) is 4. The van der Waals surface area contributed by atoms with E-state index in [2.05, 4.69) is 5.32 Å². The van der Waals surface area contributed by atoms with Gasteiger partial charge in [-0.2, -0.15) is 0 Å². The molecule has 2 aromatic carbocycles. The van der Waals surface area contributed by atoms with Crippen LogP contribution in [0.25, 0.3) is 0 Å². The molecule has 1 unspecified atom stereocenters. The zero-order valence-electron chi connectivity index (χ0n) is 13.7. The van der Waals surface area contributed by atoms with Crippen LogP contribution in [0.4, 0.5) is 11.4 Å². The van der Waals surface area contributed by atoms with Crippen molar-refractivity contribution in [2.24, 2.45) is 0 Å². The lowest BCUT2D eigenvalue weighted by Crippen LogP contribution is -2.41. The Morgan fingerprint density at radius 3 is 2.79 bits per heavy atom.